The molecule has 0 spiro atoms. The van der Waals surface area contributed by atoms with Crippen LogP contribution in [0.4, 0.5) is 8.78 Å². The van der Waals surface area contributed by atoms with Gasteiger partial charge in [0.2, 0.25) is 0 Å². The van der Waals surface area contributed by atoms with Crippen molar-refractivity contribution in [2.45, 2.75) is 38.5 Å². The van der Waals surface area contributed by atoms with Gasteiger partial charge in [0.15, 0.2) is 0 Å². The number of carboxylic acids is 1. The zero-order chi connectivity index (χ0) is 26.2. The molecule has 0 unspecified atom stereocenters. The Hall–Kier alpha value is -3.50. The second-order valence-corrected chi connectivity index (χ2v) is 9.65. The third-order valence-electron chi connectivity index (χ3n) is 7.22. The van der Waals surface area contributed by atoms with Crippen LogP contribution in [0.15, 0.2) is 48.7 Å². The molecule has 2 aromatic carbocycles. The normalized spacial score (nSPS) is 17.8. The predicted molar refractivity (Wildman–Crippen MR) is 139 cm³/mol. The van der Waals surface area contributed by atoms with E-state index in [0.29, 0.717) is 18.9 Å². The zero-order valence-electron chi connectivity index (χ0n) is 21.1. The van der Waals surface area contributed by atoms with Gasteiger partial charge in [0.1, 0.15) is 17.4 Å². The van der Waals surface area contributed by atoms with Crippen LogP contribution in [0.5, 0.6) is 5.75 Å². The van der Waals surface area contributed by atoms with Crippen molar-refractivity contribution in [2.75, 3.05) is 26.7 Å². The average Bonchev–Trinajstić information content (AvgIpc) is 2.89. The number of carbonyl (C=O) groups is 1. The molecule has 2 heterocycles. The van der Waals surface area contributed by atoms with Gasteiger partial charge in [0, 0.05) is 30.6 Å². The molecule has 0 radical (unpaired) electrons. The lowest BCUT2D eigenvalue weighted by Gasteiger charge is -2.38. The summed E-state index contributed by atoms with van der Waals surface area (Å²) in [6, 6.07) is 11.4. The third kappa shape index (κ3) is 7.27. The van der Waals surface area contributed by atoms with Gasteiger partial charge >= 0.3 is 5.97 Å². The molecule has 7 heteroatoms. The molecule has 2 atom stereocenters. The van der Waals surface area contributed by atoms with Crippen molar-refractivity contribution in [2.24, 2.45) is 11.8 Å². The summed E-state index contributed by atoms with van der Waals surface area (Å²) in [5.41, 5.74) is 2.37. The van der Waals surface area contributed by atoms with Crippen molar-refractivity contribution in [3.63, 3.8) is 0 Å². The van der Waals surface area contributed by atoms with Crippen molar-refractivity contribution in [3.05, 3.63) is 71.4 Å². The number of hydrogen-bond donors (Lipinski definition) is 1. The van der Waals surface area contributed by atoms with Gasteiger partial charge in [0.05, 0.1) is 24.7 Å². The molecule has 1 N–H and O–H groups in total. The number of aromatic nitrogens is 1. The van der Waals surface area contributed by atoms with E-state index in [1.54, 1.807) is 7.11 Å². The molecule has 37 heavy (non-hydrogen) atoms. The molecular formula is C30H32F2N2O3. The first kappa shape index (κ1) is 26.6. The number of benzene rings is 2. The van der Waals surface area contributed by atoms with E-state index < -0.39 is 17.6 Å². The number of pyridine rings is 1. The van der Waals surface area contributed by atoms with E-state index in [-0.39, 0.29) is 17.9 Å². The molecule has 0 saturated carbocycles. The molecular weight excluding hydrogens is 474 g/mol. The Morgan fingerprint density at radius 2 is 2.03 bits per heavy atom. The number of nitrogens with zero attached hydrogens (tertiary/aromatic N) is 2. The maximum atomic E-state index is 13.8. The highest BCUT2D eigenvalue weighted by atomic mass is 19.1. The Morgan fingerprint density at radius 1 is 1.16 bits per heavy atom. The fourth-order valence-corrected chi connectivity index (χ4v) is 5.23. The molecule has 1 saturated heterocycles. The summed E-state index contributed by atoms with van der Waals surface area (Å²) in [5, 5.41) is 10.4. The summed E-state index contributed by atoms with van der Waals surface area (Å²) >= 11 is 0. The molecule has 5 nitrogen and oxygen atoms in total. The number of rotatable bonds is 9. The van der Waals surface area contributed by atoms with E-state index in [1.165, 1.54) is 17.7 Å². The fourth-order valence-electron chi connectivity index (χ4n) is 5.23. The minimum atomic E-state index is -0.778. The van der Waals surface area contributed by atoms with E-state index >= 15 is 0 Å². The van der Waals surface area contributed by atoms with E-state index in [4.69, 9.17) is 4.74 Å². The standard InChI is InChI=1S/C30H32F2N2O3/c1-37-26-10-11-29-27(19-26)22(13-15-33-29)5-2-4-21-14-17-34(20-24(21)8-12-30(35)36)16-3-6-23-7-9-25(31)18-28(23)32/h7,9-11,13,15,18-19,21,24H,2,4-5,8,12,14,16-17,20H2,1H3,(H,35,36)/t21-,24+/m1/s1. The molecule has 194 valence electrons. The quantitative estimate of drug-likeness (QED) is 0.377. The molecule has 0 aliphatic carbocycles. The summed E-state index contributed by atoms with van der Waals surface area (Å²) in [4.78, 5) is 17.9. The summed E-state index contributed by atoms with van der Waals surface area (Å²) in [7, 11) is 1.66. The number of aryl methyl sites for hydroxylation is 1. The highest BCUT2D eigenvalue weighted by Gasteiger charge is 2.29. The highest BCUT2D eigenvalue weighted by molar-refractivity contribution is 5.83. The molecule has 3 aromatic rings. The van der Waals surface area contributed by atoms with E-state index in [0.717, 1.165) is 61.5 Å². The third-order valence-corrected chi connectivity index (χ3v) is 7.22. The van der Waals surface area contributed by atoms with Crippen LogP contribution >= 0.6 is 0 Å². The molecule has 0 bridgehead atoms. The van der Waals surface area contributed by atoms with Gasteiger partial charge in [-0.3, -0.25) is 14.7 Å². The van der Waals surface area contributed by atoms with Crippen molar-refractivity contribution in [1.82, 2.24) is 9.88 Å². The Balaban J connectivity index is 1.36. The molecule has 0 amide bonds. The molecule has 1 aliphatic heterocycles. The number of hydrogen-bond acceptors (Lipinski definition) is 4. The summed E-state index contributed by atoms with van der Waals surface area (Å²) in [6.45, 7) is 2.11. The highest BCUT2D eigenvalue weighted by Crippen LogP contribution is 2.32. The Labute approximate surface area is 216 Å². The summed E-state index contributed by atoms with van der Waals surface area (Å²) in [5.74, 6) is 5.27. The minimum absolute atomic E-state index is 0.149. The minimum Gasteiger partial charge on any atom is -0.497 e. The number of halogens is 2. The average molecular weight is 507 g/mol. The van der Waals surface area contributed by atoms with Crippen LogP contribution in [0.25, 0.3) is 10.9 Å². The Morgan fingerprint density at radius 3 is 2.81 bits per heavy atom. The first-order valence-electron chi connectivity index (χ1n) is 12.7. The topological polar surface area (TPSA) is 62.7 Å². The van der Waals surface area contributed by atoms with Crippen LogP contribution < -0.4 is 4.74 Å². The van der Waals surface area contributed by atoms with Crippen molar-refractivity contribution < 1.29 is 23.4 Å². The van der Waals surface area contributed by atoms with Crippen molar-refractivity contribution >= 4 is 16.9 Å². The molecule has 1 fully saturated rings. The zero-order valence-corrected chi connectivity index (χ0v) is 21.1. The second kappa shape index (κ2) is 12.6. The Kier molecular flexibility index (Phi) is 9.08. The number of methoxy groups -OCH3 is 1. The largest absolute Gasteiger partial charge is 0.497 e. The maximum absolute atomic E-state index is 13.8. The smallest absolute Gasteiger partial charge is 0.303 e. The lowest BCUT2D eigenvalue weighted by atomic mass is 9.79. The molecule has 4 rings (SSSR count). The van der Waals surface area contributed by atoms with E-state index in [2.05, 4.69) is 27.8 Å². The predicted octanol–water partition coefficient (Wildman–Crippen LogP) is 5.70. The molecule has 1 aliphatic rings. The molecule has 1 aromatic heterocycles. The van der Waals surface area contributed by atoms with Crippen molar-refractivity contribution in [3.8, 4) is 17.6 Å². The van der Waals surface area contributed by atoms with Gasteiger partial charge < -0.3 is 9.84 Å². The Bertz CT molecular complexity index is 1300. The van der Waals surface area contributed by atoms with Crippen LogP contribution in [-0.2, 0) is 11.2 Å². The second-order valence-electron chi connectivity index (χ2n) is 9.65. The maximum Gasteiger partial charge on any atom is 0.303 e. The lowest BCUT2D eigenvalue weighted by Crippen LogP contribution is -2.41. The van der Waals surface area contributed by atoms with Gasteiger partial charge in [-0.25, -0.2) is 8.78 Å². The number of fused-ring (bicyclic) bond motifs is 1. The van der Waals surface area contributed by atoms with Crippen LogP contribution in [-0.4, -0.2) is 47.7 Å². The number of ether oxygens (including phenoxy) is 1. The number of aliphatic carboxylic acids is 1. The van der Waals surface area contributed by atoms with Gasteiger partial charge in [-0.1, -0.05) is 11.8 Å². The van der Waals surface area contributed by atoms with Gasteiger partial charge in [-0.15, -0.1) is 0 Å². The summed E-state index contributed by atoms with van der Waals surface area (Å²) in [6.07, 6.45) is 6.56. The van der Waals surface area contributed by atoms with Crippen molar-refractivity contribution in [1.29, 1.82) is 0 Å². The van der Waals surface area contributed by atoms with E-state index in [1.807, 2.05) is 24.4 Å². The van der Waals surface area contributed by atoms with Crippen LogP contribution in [0, 0.1) is 35.3 Å². The summed E-state index contributed by atoms with van der Waals surface area (Å²) < 4.78 is 32.3. The van der Waals surface area contributed by atoms with Crippen LogP contribution in [0.3, 0.4) is 0 Å². The van der Waals surface area contributed by atoms with Gasteiger partial charge in [0.25, 0.3) is 0 Å². The lowest BCUT2D eigenvalue weighted by molar-refractivity contribution is -0.137. The van der Waals surface area contributed by atoms with Gasteiger partial charge in [-0.2, -0.15) is 0 Å². The van der Waals surface area contributed by atoms with Gasteiger partial charge in [-0.05, 0) is 92.4 Å². The number of carboxylic acid groups (broad SMARTS) is 1. The van der Waals surface area contributed by atoms with Crippen LogP contribution in [0.1, 0.15) is 43.2 Å². The number of likely N-dealkylation sites (tertiary alicyclic amines) is 1. The van der Waals surface area contributed by atoms with E-state index in [9.17, 15) is 18.7 Å². The van der Waals surface area contributed by atoms with Crippen LogP contribution in [0.2, 0.25) is 0 Å². The monoisotopic (exact) mass is 506 g/mol. The number of piperidine rings is 1. The first-order chi connectivity index (χ1) is 17.9. The first-order valence-corrected chi connectivity index (χ1v) is 12.7. The SMILES string of the molecule is COc1ccc2nccc(CCC[C@@H]3CCN(CC#Cc4ccc(F)cc4F)C[C@@H]3CCC(=O)O)c2c1. The fraction of sp³-hybridized carbons (Fsp3) is 0.400.